The Bertz CT molecular complexity index is 942. The van der Waals surface area contributed by atoms with Crippen LogP contribution in [0.5, 0.6) is 5.75 Å². The first-order chi connectivity index (χ1) is 15.6. The van der Waals surface area contributed by atoms with Gasteiger partial charge in [-0.15, -0.1) is 24.0 Å². The predicted molar refractivity (Wildman–Crippen MR) is 143 cm³/mol. The lowest BCUT2D eigenvalue weighted by Gasteiger charge is -2.32. The highest BCUT2D eigenvalue weighted by molar-refractivity contribution is 14.0. The van der Waals surface area contributed by atoms with Gasteiger partial charge in [0.2, 0.25) is 5.91 Å². The van der Waals surface area contributed by atoms with Gasteiger partial charge in [-0.2, -0.15) is 0 Å². The summed E-state index contributed by atoms with van der Waals surface area (Å²) in [5, 5.41) is 7.19. The molecule has 1 heterocycles. The molecule has 0 bridgehead atoms. The summed E-state index contributed by atoms with van der Waals surface area (Å²) in [6.45, 7) is 1.57. The van der Waals surface area contributed by atoms with E-state index in [1.165, 1.54) is 18.4 Å². The third-order valence-electron chi connectivity index (χ3n) is 6.68. The van der Waals surface area contributed by atoms with E-state index in [0.717, 1.165) is 37.1 Å². The Labute approximate surface area is 214 Å². The molecule has 1 aliphatic heterocycles. The van der Waals surface area contributed by atoms with Gasteiger partial charge in [0.1, 0.15) is 12.3 Å². The number of ether oxygens (including phenoxy) is 1. The molecule has 1 saturated carbocycles. The second-order valence-corrected chi connectivity index (χ2v) is 9.03. The van der Waals surface area contributed by atoms with E-state index in [-0.39, 0.29) is 47.9 Å². The van der Waals surface area contributed by atoms with Crippen molar-refractivity contribution >= 4 is 35.8 Å². The average Bonchev–Trinajstić information content (AvgIpc) is 3.31. The highest BCUT2D eigenvalue weighted by atomic mass is 127. The third-order valence-corrected chi connectivity index (χ3v) is 6.68. The number of halogens is 1. The van der Waals surface area contributed by atoms with Crippen LogP contribution in [-0.4, -0.2) is 50.6 Å². The molecule has 1 atom stereocenters. The number of likely N-dealkylation sites (N-methyl/N-ethyl adjacent to an activating group) is 1. The molecule has 7 heteroatoms. The van der Waals surface area contributed by atoms with Gasteiger partial charge in [-0.1, -0.05) is 61.4 Å². The topological polar surface area (TPSA) is 66.0 Å². The molecule has 33 heavy (non-hydrogen) atoms. The third kappa shape index (κ3) is 6.19. The number of rotatable bonds is 6. The summed E-state index contributed by atoms with van der Waals surface area (Å²) < 4.78 is 5.82. The van der Waals surface area contributed by atoms with E-state index >= 15 is 0 Å². The second-order valence-electron chi connectivity index (χ2n) is 9.03. The Morgan fingerprint density at radius 1 is 1.09 bits per heavy atom. The molecule has 1 fully saturated rings. The molecule has 0 radical (unpaired) electrons. The summed E-state index contributed by atoms with van der Waals surface area (Å²) in [7, 11) is 3.52. The van der Waals surface area contributed by atoms with Crippen LogP contribution in [-0.2, 0) is 10.2 Å². The van der Waals surface area contributed by atoms with Crippen molar-refractivity contribution in [3.05, 3.63) is 65.7 Å². The van der Waals surface area contributed by atoms with Crippen molar-refractivity contribution in [3.8, 4) is 5.75 Å². The molecule has 4 rings (SSSR count). The van der Waals surface area contributed by atoms with Crippen LogP contribution in [0.2, 0.25) is 0 Å². The zero-order valence-corrected chi connectivity index (χ0v) is 21.9. The van der Waals surface area contributed by atoms with Crippen LogP contribution in [0.1, 0.15) is 49.3 Å². The van der Waals surface area contributed by atoms with E-state index in [4.69, 9.17) is 4.74 Å². The van der Waals surface area contributed by atoms with Gasteiger partial charge in [-0.25, -0.2) is 4.99 Å². The van der Waals surface area contributed by atoms with Crippen molar-refractivity contribution < 1.29 is 9.53 Å². The molecule has 6 nitrogen and oxygen atoms in total. The van der Waals surface area contributed by atoms with Crippen molar-refractivity contribution in [3.63, 3.8) is 0 Å². The van der Waals surface area contributed by atoms with E-state index in [2.05, 4.69) is 52.0 Å². The first kappa shape index (κ1) is 25.3. The molecule has 2 aromatic carbocycles. The van der Waals surface area contributed by atoms with E-state index in [1.807, 2.05) is 18.2 Å². The molecule has 0 spiro atoms. The van der Waals surface area contributed by atoms with Crippen LogP contribution in [0.4, 0.5) is 0 Å². The SMILES string of the molecule is CN(C)C(=O)CN=C(NCC1(c2ccccc2)CCCC1)NC1CCOc2ccccc21.I. The molecule has 0 saturated heterocycles. The summed E-state index contributed by atoms with van der Waals surface area (Å²) in [4.78, 5) is 18.5. The number of aliphatic imine (C=N–C) groups is 1. The molecule has 2 N–H and O–H groups in total. The number of nitrogens with one attached hydrogen (secondary N) is 2. The summed E-state index contributed by atoms with van der Waals surface area (Å²) >= 11 is 0. The summed E-state index contributed by atoms with van der Waals surface area (Å²) in [5.74, 6) is 1.58. The molecule has 178 valence electrons. The Morgan fingerprint density at radius 3 is 2.52 bits per heavy atom. The highest BCUT2D eigenvalue weighted by Crippen LogP contribution is 2.40. The molecular formula is C26H35IN4O2. The van der Waals surface area contributed by atoms with E-state index < -0.39 is 0 Å². The number of guanidine groups is 1. The monoisotopic (exact) mass is 562 g/mol. The molecule has 2 aromatic rings. The normalized spacial score (nSPS) is 19.0. The molecule has 1 aliphatic carbocycles. The van der Waals surface area contributed by atoms with Crippen molar-refractivity contribution in [1.29, 1.82) is 0 Å². The van der Waals surface area contributed by atoms with Crippen LogP contribution in [0.3, 0.4) is 0 Å². The molecular weight excluding hydrogens is 527 g/mol. The Morgan fingerprint density at radius 2 is 1.79 bits per heavy atom. The maximum Gasteiger partial charge on any atom is 0.243 e. The summed E-state index contributed by atoms with van der Waals surface area (Å²) in [5.41, 5.74) is 2.61. The fourth-order valence-electron chi connectivity index (χ4n) is 4.76. The smallest absolute Gasteiger partial charge is 0.243 e. The first-order valence-corrected chi connectivity index (χ1v) is 11.6. The van der Waals surface area contributed by atoms with Gasteiger partial charge in [0.05, 0.1) is 12.6 Å². The molecule has 1 unspecified atom stereocenters. The summed E-state index contributed by atoms with van der Waals surface area (Å²) in [6, 6.07) is 19.0. The lowest BCUT2D eigenvalue weighted by Crippen LogP contribution is -2.47. The minimum Gasteiger partial charge on any atom is -0.493 e. The highest BCUT2D eigenvalue weighted by Gasteiger charge is 2.35. The Kier molecular flexibility index (Phi) is 9.00. The van der Waals surface area contributed by atoms with Crippen molar-refractivity contribution in [1.82, 2.24) is 15.5 Å². The lowest BCUT2D eigenvalue weighted by molar-refractivity contribution is -0.127. The number of hydrogen-bond donors (Lipinski definition) is 2. The number of carbonyl (C=O) groups excluding carboxylic acids is 1. The minimum absolute atomic E-state index is 0. The average molecular weight is 562 g/mol. The number of nitrogens with zero attached hydrogens (tertiary/aromatic N) is 2. The number of benzene rings is 2. The maximum absolute atomic E-state index is 12.2. The van der Waals surface area contributed by atoms with Gasteiger partial charge in [-0.3, -0.25) is 4.79 Å². The van der Waals surface area contributed by atoms with Crippen LogP contribution >= 0.6 is 24.0 Å². The summed E-state index contributed by atoms with van der Waals surface area (Å²) in [6.07, 6.45) is 5.65. The number of para-hydroxylation sites is 1. The molecule has 1 amide bonds. The van der Waals surface area contributed by atoms with Gasteiger partial charge < -0.3 is 20.3 Å². The van der Waals surface area contributed by atoms with Gasteiger partial charge in [0.15, 0.2) is 5.96 Å². The maximum atomic E-state index is 12.2. The fraction of sp³-hybridized carbons (Fsp3) is 0.462. The first-order valence-electron chi connectivity index (χ1n) is 11.6. The zero-order valence-electron chi connectivity index (χ0n) is 19.5. The fourth-order valence-corrected chi connectivity index (χ4v) is 4.76. The quantitative estimate of drug-likeness (QED) is 0.314. The predicted octanol–water partition coefficient (Wildman–Crippen LogP) is 4.26. The lowest BCUT2D eigenvalue weighted by atomic mass is 9.79. The Balaban J connectivity index is 0.00000306. The molecule has 2 aliphatic rings. The van der Waals surface area contributed by atoms with E-state index in [1.54, 1.807) is 19.0 Å². The number of hydrogen-bond acceptors (Lipinski definition) is 3. The zero-order chi connectivity index (χ0) is 22.4. The molecule has 0 aromatic heterocycles. The van der Waals surface area contributed by atoms with Crippen LogP contribution < -0.4 is 15.4 Å². The van der Waals surface area contributed by atoms with Crippen LogP contribution in [0.25, 0.3) is 0 Å². The number of amides is 1. The standard InChI is InChI=1S/C26H34N4O2.HI/c1-30(2)24(31)18-27-25(29-22-14-17-32-23-13-7-6-12-21(22)23)28-19-26(15-8-9-16-26)20-10-4-3-5-11-20;/h3-7,10-13,22H,8-9,14-19H2,1-2H3,(H2,27,28,29);1H. The minimum atomic E-state index is -0.0166. The van der Waals surface area contributed by atoms with Crippen molar-refractivity contribution in [2.24, 2.45) is 4.99 Å². The van der Waals surface area contributed by atoms with Gasteiger partial charge >= 0.3 is 0 Å². The van der Waals surface area contributed by atoms with Gasteiger partial charge in [0, 0.05) is 38.0 Å². The van der Waals surface area contributed by atoms with Crippen molar-refractivity contribution in [2.45, 2.75) is 43.6 Å². The largest absolute Gasteiger partial charge is 0.493 e. The van der Waals surface area contributed by atoms with Crippen LogP contribution in [0.15, 0.2) is 59.6 Å². The second kappa shape index (κ2) is 11.7. The Hall–Kier alpha value is -2.29. The number of fused-ring (bicyclic) bond motifs is 1. The number of carbonyl (C=O) groups is 1. The van der Waals surface area contributed by atoms with Gasteiger partial charge in [0.25, 0.3) is 0 Å². The van der Waals surface area contributed by atoms with E-state index in [0.29, 0.717) is 12.6 Å². The van der Waals surface area contributed by atoms with Gasteiger partial charge in [-0.05, 0) is 24.5 Å². The van der Waals surface area contributed by atoms with Crippen molar-refractivity contribution in [2.75, 3.05) is 33.8 Å². The van der Waals surface area contributed by atoms with E-state index in [9.17, 15) is 4.79 Å². The van der Waals surface area contributed by atoms with Crippen LogP contribution in [0, 0.1) is 0 Å².